The highest BCUT2D eigenvalue weighted by atomic mass is 16.3. The highest BCUT2D eigenvalue weighted by molar-refractivity contribution is 5.75. The fraction of sp³-hybridized carbons (Fsp3) is 0. The first-order valence-corrected chi connectivity index (χ1v) is 9.47. The van der Waals surface area contributed by atoms with E-state index in [2.05, 4.69) is 29.9 Å². The van der Waals surface area contributed by atoms with E-state index < -0.39 is 0 Å². The molecule has 10 nitrogen and oxygen atoms in total. The molecule has 0 fully saturated rings. The van der Waals surface area contributed by atoms with E-state index in [0.717, 1.165) is 0 Å². The number of aromatic nitrogens is 6. The third-order valence-corrected chi connectivity index (χ3v) is 4.58. The van der Waals surface area contributed by atoms with Crippen molar-refractivity contribution in [3.05, 3.63) is 71.8 Å². The van der Waals surface area contributed by atoms with Gasteiger partial charge in [-0.15, -0.1) is 0 Å². The molecule has 0 radical (unpaired) electrons. The zero-order valence-corrected chi connectivity index (χ0v) is 16.6. The van der Waals surface area contributed by atoms with Gasteiger partial charge in [0, 0.05) is 18.0 Å². The van der Waals surface area contributed by atoms with E-state index in [-0.39, 0.29) is 40.3 Å². The Hall–Kier alpha value is -5.53. The zero-order valence-electron chi connectivity index (χ0n) is 16.6. The maximum atomic E-state index is 9.34. The number of rotatable bonds is 3. The van der Waals surface area contributed by atoms with Crippen molar-refractivity contribution >= 4 is 11.1 Å². The summed E-state index contributed by atoms with van der Waals surface area (Å²) in [5.41, 5.74) is 2.66. The smallest absolute Gasteiger partial charge is 0.266 e. The monoisotopic (exact) mass is 427 g/mol. The van der Waals surface area contributed by atoms with Crippen LogP contribution in [0.25, 0.3) is 45.6 Å². The van der Waals surface area contributed by atoms with Crippen molar-refractivity contribution in [2.45, 2.75) is 0 Å². The molecule has 5 rings (SSSR count). The molecule has 10 heteroatoms. The first-order valence-electron chi connectivity index (χ1n) is 9.47. The normalized spacial score (nSPS) is 10.3. The van der Waals surface area contributed by atoms with Gasteiger partial charge >= 0.3 is 0 Å². The van der Waals surface area contributed by atoms with Crippen LogP contribution >= 0.6 is 0 Å². The minimum atomic E-state index is 0.00703. The number of benzene rings is 2. The molecule has 0 aliphatic rings. The van der Waals surface area contributed by atoms with Crippen LogP contribution in [0.15, 0.2) is 59.3 Å². The Morgan fingerprint density at radius 2 is 1.30 bits per heavy atom. The summed E-state index contributed by atoms with van der Waals surface area (Å²) < 4.78 is 5.82. The van der Waals surface area contributed by atoms with E-state index in [1.165, 1.54) is 18.5 Å². The van der Waals surface area contributed by atoms with Gasteiger partial charge < -0.3 is 4.42 Å². The second kappa shape index (κ2) is 7.95. The van der Waals surface area contributed by atoms with Gasteiger partial charge in [-0.3, -0.25) is 0 Å². The van der Waals surface area contributed by atoms with Crippen LogP contribution in [-0.4, -0.2) is 29.9 Å². The highest BCUT2D eigenvalue weighted by Gasteiger charge is 2.18. The Morgan fingerprint density at radius 3 is 1.94 bits per heavy atom. The molecule has 0 atom stereocenters. The summed E-state index contributed by atoms with van der Waals surface area (Å²) in [6.07, 6.45) is 2.85. The summed E-state index contributed by atoms with van der Waals surface area (Å²) in [5, 5.41) is 27.7. The molecule has 152 valence electrons. The average Bonchev–Trinajstić information content (AvgIpc) is 3.32. The Kier molecular flexibility index (Phi) is 4.68. The molecule has 2 aromatic carbocycles. The fourth-order valence-corrected chi connectivity index (χ4v) is 3.08. The van der Waals surface area contributed by atoms with Crippen molar-refractivity contribution in [2.24, 2.45) is 0 Å². The Bertz CT molecular complexity index is 1590. The maximum Gasteiger partial charge on any atom is 0.266 e. The highest BCUT2D eigenvalue weighted by Crippen LogP contribution is 2.27. The number of hydrogen-bond acceptors (Lipinski definition) is 10. The molecule has 0 aliphatic carbocycles. The summed E-state index contributed by atoms with van der Waals surface area (Å²) in [7, 11) is 0. The van der Waals surface area contributed by atoms with Crippen molar-refractivity contribution in [3.8, 4) is 52.7 Å². The Labute approximate surface area is 186 Å². The molecular formula is C23H9N9O. The number of nitrogens with zero attached hydrogens (tertiary/aromatic N) is 9. The summed E-state index contributed by atoms with van der Waals surface area (Å²) in [6, 6.07) is 17.8. The molecule has 0 spiro atoms. The third-order valence-electron chi connectivity index (χ3n) is 4.58. The molecule has 0 amide bonds. The number of fused-ring (bicyclic) bond motifs is 1. The molecule has 3 heterocycles. The molecule has 3 aromatic heterocycles. The van der Waals surface area contributed by atoms with E-state index in [1.54, 1.807) is 24.3 Å². The molecule has 0 aliphatic heterocycles. The number of nitriles is 3. The van der Waals surface area contributed by atoms with E-state index >= 15 is 0 Å². The summed E-state index contributed by atoms with van der Waals surface area (Å²) in [6.45, 7) is 0. The van der Waals surface area contributed by atoms with Gasteiger partial charge in [0.05, 0.1) is 28.8 Å². The van der Waals surface area contributed by atoms with Crippen molar-refractivity contribution in [2.75, 3.05) is 0 Å². The lowest BCUT2D eigenvalue weighted by molar-refractivity contribution is 0.612. The second-order valence-corrected chi connectivity index (χ2v) is 6.72. The summed E-state index contributed by atoms with van der Waals surface area (Å²) in [5.74, 6) is 0.745. The van der Waals surface area contributed by atoms with Crippen LogP contribution in [0.2, 0.25) is 0 Å². The largest absolute Gasteiger partial charge is 0.434 e. The van der Waals surface area contributed by atoms with Crippen LogP contribution in [0.5, 0.6) is 0 Å². The Balaban J connectivity index is 1.73. The standard InChI is InChI=1S/C23H9N9O/c24-8-13-5-14(9-25)7-15(6-13)20-30-21(16-11-27-19(10-26)28-12-16)32-22(31-20)23-29-17-3-1-2-4-18(17)33-23/h1-7,11-12H. The van der Waals surface area contributed by atoms with Crippen LogP contribution in [0, 0.1) is 34.0 Å². The van der Waals surface area contributed by atoms with Gasteiger partial charge in [0.25, 0.3) is 5.89 Å². The van der Waals surface area contributed by atoms with Gasteiger partial charge in [-0.2, -0.15) is 15.8 Å². The van der Waals surface area contributed by atoms with Gasteiger partial charge in [0.1, 0.15) is 11.6 Å². The molecule has 0 saturated heterocycles. The number of para-hydroxylation sites is 2. The van der Waals surface area contributed by atoms with Crippen LogP contribution in [0.1, 0.15) is 17.0 Å². The van der Waals surface area contributed by atoms with Crippen molar-refractivity contribution < 1.29 is 4.42 Å². The minimum Gasteiger partial charge on any atom is -0.434 e. The Morgan fingerprint density at radius 1 is 0.667 bits per heavy atom. The predicted molar refractivity (Wildman–Crippen MR) is 113 cm³/mol. The summed E-state index contributed by atoms with van der Waals surface area (Å²) >= 11 is 0. The van der Waals surface area contributed by atoms with Gasteiger partial charge in [0.2, 0.25) is 11.6 Å². The lowest BCUT2D eigenvalue weighted by atomic mass is 10.1. The average molecular weight is 427 g/mol. The first kappa shape index (κ1) is 19.4. The van der Waals surface area contributed by atoms with Gasteiger partial charge in [0.15, 0.2) is 17.2 Å². The van der Waals surface area contributed by atoms with Crippen LogP contribution < -0.4 is 0 Å². The van der Waals surface area contributed by atoms with Crippen molar-refractivity contribution in [1.82, 2.24) is 29.9 Å². The molecule has 0 saturated carbocycles. The van der Waals surface area contributed by atoms with Gasteiger partial charge in [-0.05, 0) is 30.3 Å². The molecular weight excluding hydrogens is 418 g/mol. The first-order chi connectivity index (χ1) is 16.2. The number of hydrogen-bond donors (Lipinski definition) is 0. The predicted octanol–water partition coefficient (Wildman–Crippen LogP) is 3.42. The molecule has 0 unspecified atom stereocenters. The second-order valence-electron chi connectivity index (χ2n) is 6.72. The number of oxazole rings is 1. The van der Waals surface area contributed by atoms with Crippen LogP contribution in [0.4, 0.5) is 0 Å². The SMILES string of the molecule is N#Cc1cc(C#N)cc(-c2nc(-c3cnc(C#N)nc3)nc(-c3nc4ccccc4o3)n2)c1. The molecule has 0 N–H and O–H groups in total. The van der Waals surface area contributed by atoms with E-state index in [9.17, 15) is 10.5 Å². The van der Waals surface area contributed by atoms with E-state index in [1.807, 2.05) is 30.3 Å². The van der Waals surface area contributed by atoms with Crippen LogP contribution in [0.3, 0.4) is 0 Å². The fourth-order valence-electron chi connectivity index (χ4n) is 3.08. The lowest BCUT2D eigenvalue weighted by Crippen LogP contribution is -2.02. The topological polar surface area (TPSA) is 162 Å². The quantitative estimate of drug-likeness (QED) is 0.417. The molecule has 5 aromatic rings. The van der Waals surface area contributed by atoms with Gasteiger partial charge in [-0.25, -0.2) is 29.9 Å². The summed E-state index contributed by atoms with van der Waals surface area (Å²) in [4.78, 5) is 25.8. The van der Waals surface area contributed by atoms with E-state index in [0.29, 0.717) is 22.2 Å². The maximum absolute atomic E-state index is 9.34. The molecule has 0 bridgehead atoms. The van der Waals surface area contributed by atoms with Crippen LogP contribution in [-0.2, 0) is 0 Å². The zero-order chi connectivity index (χ0) is 22.8. The van der Waals surface area contributed by atoms with E-state index in [4.69, 9.17) is 9.68 Å². The minimum absolute atomic E-state index is 0.00703. The third kappa shape index (κ3) is 3.70. The van der Waals surface area contributed by atoms with Gasteiger partial charge in [-0.1, -0.05) is 12.1 Å². The lowest BCUT2D eigenvalue weighted by Gasteiger charge is -2.07. The van der Waals surface area contributed by atoms with Crippen molar-refractivity contribution in [3.63, 3.8) is 0 Å². The molecule has 33 heavy (non-hydrogen) atoms. The van der Waals surface area contributed by atoms with Crippen molar-refractivity contribution in [1.29, 1.82) is 15.8 Å².